The fourth-order valence-corrected chi connectivity index (χ4v) is 1.10. The lowest BCUT2D eigenvalue weighted by Crippen LogP contribution is -2.42. The van der Waals surface area contributed by atoms with Crippen molar-refractivity contribution in [2.75, 3.05) is 6.54 Å². The number of nitrogens with two attached hydrogens (primary N) is 1. The number of carbonyl (C=O) groups is 2. The highest BCUT2D eigenvalue weighted by Gasteiger charge is 2.35. The Morgan fingerprint density at radius 1 is 1.58 bits per heavy atom. The van der Waals surface area contributed by atoms with Crippen LogP contribution in [-0.4, -0.2) is 29.6 Å². The second-order valence-corrected chi connectivity index (χ2v) is 3.00. The average Bonchev–Trinajstić information content (AvgIpc) is 2.69. The Balaban J connectivity index is 2.33. The third kappa shape index (κ3) is 2.50. The van der Waals surface area contributed by atoms with Gasteiger partial charge in [0, 0.05) is 0 Å². The topological polar surface area (TPSA) is 92.4 Å². The number of carbonyl (C=O) groups excluding carboxylic acids is 1. The van der Waals surface area contributed by atoms with Gasteiger partial charge in [0.2, 0.25) is 5.91 Å². The molecule has 1 fully saturated rings. The molecule has 0 heterocycles. The first kappa shape index (κ1) is 8.99. The third-order valence-electron chi connectivity index (χ3n) is 1.86. The quantitative estimate of drug-likeness (QED) is 0.492. The molecule has 0 radical (unpaired) electrons. The maximum Gasteiger partial charge on any atom is 0.320 e. The van der Waals surface area contributed by atoms with E-state index < -0.39 is 17.9 Å². The molecule has 1 rings (SSSR count). The van der Waals surface area contributed by atoms with Gasteiger partial charge in [-0.1, -0.05) is 0 Å². The Morgan fingerprint density at radius 3 is 2.50 bits per heavy atom. The molecule has 5 heteroatoms. The number of carboxylic acids is 1. The van der Waals surface area contributed by atoms with E-state index in [1.54, 1.807) is 0 Å². The predicted molar refractivity (Wildman–Crippen MR) is 41.3 cm³/mol. The number of hydrogen-bond donors (Lipinski definition) is 3. The minimum Gasteiger partial charge on any atom is -0.480 e. The number of aliphatic carboxylic acids is 1. The Morgan fingerprint density at radius 2 is 2.17 bits per heavy atom. The summed E-state index contributed by atoms with van der Waals surface area (Å²) >= 11 is 0. The number of amides is 1. The lowest BCUT2D eigenvalue weighted by atomic mass is 10.2. The van der Waals surface area contributed by atoms with Crippen molar-refractivity contribution in [2.45, 2.75) is 18.9 Å². The summed E-state index contributed by atoms with van der Waals surface area (Å²) in [5.74, 6) is -1.25. The van der Waals surface area contributed by atoms with Gasteiger partial charge < -0.3 is 10.8 Å². The molecule has 0 spiro atoms. The molecule has 1 amide bonds. The molecule has 1 aliphatic carbocycles. The zero-order valence-electron chi connectivity index (χ0n) is 6.62. The Kier molecular flexibility index (Phi) is 2.65. The van der Waals surface area contributed by atoms with E-state index in [1.165, 1.54) is 0 Å². The van der Waals surface area contributed by atoms with Gasteiger partial charge in [0.15, 0.2) is 0 Å². The highest BCUT2D eigenvalue weighted by Crippen LogP contribution is 2.32. The maximum atomic E-state index is 10.6. The minimum atomic E-state index is -0.904. The molecule has 1 saturated carbocycles. The Hall–Kier alpha value is -1.10. The summed E-state index contributed by atoms with van der Waals surface area (Å²) in [6.45, 7) is -0.0620. The molecule has 0 aliphatic heterocycles. The van der Waals surface area contributed by atoms with Crippen LogP contribution in [0.3, 0.4) is 0 Å². The molecule has 0 aromatic heterocycles. The van der Waals surface area contributed by atoms with Crippen LogP contribution in [0.1, 0.15) is 12.8 Å². The van der Waals surface area contributed by atoms with Gasteiger partial charge in [-0.25, -0.2) is 0 Å². The van der Waals surface area contributed by atoms with Crippen LogP contribution in [0, 0.1) is 5.92 Å². The van der Waals surface area contributed by atoms with Gasteiger partial charge in [-0.15, -0.1) is 0 Å². The molecule has 4 N–H and O–H groups in total. The van der Waals surface area contributed by atoms with Crippen molar-refractivity contribution in [3.05, 3.63) is 0 Å². The lowest BCUT2D eigenvalue weighted by molar-refractivity contribution is -0.140. The molecule has 0 aromatic rings. The van der Waals surface area contributed by atoms with E-state index in [4.69, 9.17) is 10.8 Å². The standard InChI is InChI=1S/C7H12N2O3/c8-5(10)3-9-6(7(11)12)4-1-2-4/h4,6,9H,1-3H2,(H2,8,10)(H,11,12). The van der Waals surface area contributed by atoms with Gasteiger partial charge >= 0.3 is 5.97 Å². The zero-order valence-corrected chi connectivity index (χ0v) is 6.62. The first-order valence-corrected chi connectivity index (χ1v) is 3.85. The van der Waals surface area contributed by atoms with E-state index in [0.717, 1.165) is 12.8 Å². The van der Waals surface area contributed by atoms with E-state index in [-0.39, 0.29) is 12.5 Å². The highest BCUT2D eigenvalue weighted by molar-refractivity contribution is 5.78. The molecule has 0 saturated heterocycles. The summed E-state index contributed by atoms with van der Waals surface area (Å²) < 4.78 is 0. The van der Waals surface area contributed by atoms with Crippen LogP contribution in [0.15, 0.2) is 0 Å². The van der Waals surface area contributed by atoms with Crippen molar-refractivity contribution in [3.8, 4) is 0 Å². The molecule has 1 unspecified atom stereocenters. The average molecular weight is 172 g/mol. The van der Waals surface area contributed by atoms with Gasteiger partial charge in [0.1, 0.15) is 6.04 Å². The van der Waals surface area contributed by atoms with Gasteiger partial charge in [0.25, 0.3) is 0 Å². The molecular weight excluding hydrogens is 160 g/mol. The Labute approximate surface area is 69.9 Å². The fourth-order valence-electron chi connectivity index (χ4n) is 1.10. The zero-order chi connectivity index (χ0) is 9.14. The van der Waals surface area contributed by atoms with Crippen LogP contribution in [-0.2, 0) is 9.59 Å². The predicted octanol–water partition coefficient (Wildman–Crippen LogP) is -1.08. The van der Waals surface area contributed by atoms with E-state index in [2.05, 4.69) is 5.32 Å². The van der Waals surface area contributed by atoms with Gasteiger partial charge in [-0.05, 0) is 18.8 Å². The minimum absolute atomic E-state index is 0.0620. The molecule has 12 heavy (non-hydrogen) atoms. The van der Waals surface area contributed by atoms with E-state index in [9.17, 15) is 9.59 Å². The van der Waals surface area contributed by atoms with E-state index in [1.807, 2.05) is 0 Å². The van der Waals surface area contributed by atoms with Crippen LogP contribution in [0.4, 0.5) is 0 Å². The molecule has 68 valence electrons. The SMILES string of the molecule is NC(=O)CNC(C(=O)O)C1CC1. The van der Waals surface area contributed by atoms with Crippen molar-refractivity contribution in [2.24, 2.45) is 11.7 Å². The van der Waals surface area contributed by atoms with Crippen LogP contribution < -0.4 is 11.1 Å². The van der Waals surface area contributed by atoms with Gasteiger partial charge in [0.05, 0.1) is 6.54 Å². The summed E-state index contributed by atoms with van der Waals surface area (Å²) in [6, 6.07) is -0.600. The van der Waals surface area contributed by atoms with E-state index >= 15 is 0 Å². The smallest absolute Gasteiger partial charge is 0.320 e. The number of primary amides is 1. The van der Waals surface area contributed by atoms with Crippen LogP contribution >= 0.6 is 0 Å². The van der Waals surface area contributed by atoms with Crippen molar-refractivity contribution >= 4 is 11.9 Å². The van der Waals surface area contributed by atoms with E-state index in [0.29, 0.717) is 0 Å². The largest absolute Gasteiger partial charge is 0.480 e. The number of hydrogen-bond acceptors (Lipinski definition) is 3. The third-order valence-corrected chi connectivity index (χ3v) is 1.86. The monoisotopic (exact) mass is 172 g/mol. The molecule has 0 aromatic carbocycles. The van der Waals surface area contributed by atoms with Crippen LogP contribution in [0.5, 0.6) is 0 Å². The second-order valence-electron chi connectivity index (χ2n) is 3.00. The first-order chi connectivity index (χ1) is 5.61. The first-order valence-electron chi connectivity index (χ1n) is 3.85. The molecule has 0 bridgehead atoms. The summed E-state index contributed by atoms with van der Waals surface area (Å²) in [5, 5.41) is 11.3. The van der Waals surface area contributed by atoms with Crippen molar-refractivity contribution in [1.82, 2.24) is 5.32 Å². The van der Waals surface area contributed by atoms with Crippen molar-refractivity contribution < 1.29 is 14.7 Å². The van der Waals surface area contributed by atoms with Crippen molar-refractivity contribution in [3.63, 3.8) is 0 Å². The van der Waals surface area contributed by atoms with Gasteiger partial charge in [-0.2, -0.15) is 0 Å². The van der Waals surface area contributed by atoms with Crippen LogP contribution in [0.25, 0.3) is 0 Å². The highest BCUT2D eigenvalue weighted by atomic mass is 16.4. The number of carboxylic acid groups (broad SMARTS) is 1. The number of nitrogens with one attached hydrogen (secondary N) is 1. The Bertz CT molecular complexity index is 201. The number of rotatable bonds is 5. The normalized spacial score (nSPS) is 18.7. The van der Waals surface area contributed by atoms with Crippen LogP contribution in [0.2, 0.25) is 0 Å². The molecule has 5 nitrogen and oxygen atoms in total. The lowest BCUT2D eigenvalue weighted by Gasteiger charge is -2.11. The summed E-state index contributed by atoms with van der Waals surface area (Å²) in [6.07, 6.45) is 1.84. The summed E-state index contributed by atoms with van der Waals surface area (Å²) in [5.41, 5.74) is 4.87. The maximum absolute atomic E-state index is 10.6. The summed E-state index contributed by atoms with van der Waals surface area (Å²) in [4.78, 5) is 20.9. The van der Waals surface area contributed by atoms with Gasteiger partial charge in [-0.3, -0.25) is 14.9 Å². The molecule has 1 atom stereocenters. The van der Waals surface area contributed by atoms with Crippen molar-refractivity contribution in [1.29, 1.82) is 0 Å². The second kappa shape index (κ2) is 3.53. The molecular formula is C7H12N2O3. The fraction of sp³-hybridized carbons (Fsp3) is 0.714. The summed E-state index contributed by atoms with van der Waals surface area (Å²) in [7, 11) is 0. The molecule has 1 aliphatic rings.